The molecule has 1 aromatic carbocycles. The zero-order chi connectivity index (χ0) is 23.5. The number of hydrogen-bond donors (Lipinski definition) is 1. The molecule has 0 bridgehead atoms. The van der Waals surface area contributed by atoms with E-state index in [0.717, 1.165) is 32.0 Å². The fourth-order valence-corrected chi connectivity index (χ4v) is 4.39. The first-order chi connectivity index (χ1) is 15.7. The van der Waals surface area contributed by atoms with Gasteiger partial charge < -0.3 is 19.6 Å². The van der Waals surface area contributed by atoms with Crippen molar-refractivity contribution in [2.45, 2.75) is 50.3 Å². The van der Waals surface area contributed by atoms with Crippen molar-refractivity contribution >= 4 is 18.4 Å². The lowest BCUT2D eigenvalue weighted by molar-refractivity contribution is -0.141. The van der Waals surface area contributed by atoms with E-state index in [0.29, 0.717) is 38.5 Å². The summed E-state index contributed by atoms with van der Waals surface area (Å²) in [6, 6.07) is 5.81. The standard InChI is InChI=1S/C23H28F4N4O2.ClH/c24-17-6-5-7-18(14-17)33-20-15-19(23(25,26)27)28-21(29-20)31-12-8-22(32,9-13-31)16-30-10-3-1-2-4-11-30;/h5-7,14-15,32H,1-4,8-13,16H2;1H. The number of hydrogen-bond acceptors (Lipinski definition) is 6. The van der Waals surface area contributed by atoms with Crippen molar-refractivity contribution in [2.75, 3.05) is 37.6 Å². The second kappa shape index (κ2) is 11.0. The molecule has 0 saturated carbocycles. The fourth-order valence-electron chi connectivity index (χ4n) is 4.39. The summed E-state index contributed by atoms with van der Waals surface area (Å²) in [6.07, 6.45) is 0.765. The quantitative estimate of drug-likeness (QED) is 0.575. The maximum Gasteiger partial charge on any atom is 0.433 e. The van der Waals surface area contributed by atoms with E-state index in [2.05, 4.69) is 14.9 Å². The van der Waals surface area contributed by atoms with Crippen LogP contribution in [0.1, 0.15) is 44.2 Å². The van der Waals surface area contributed by atoms with Gasteiger partial charge in [0.1, 0.15) is 11.6 Å². The minimum absolute atomic E-state index is 0. The van der Waals surface area contributed by atoms with Crippen LogP contribution in [0, 0.1) is 5.82 Å². The van der Waals surface area contributed by atoms with Crippen LogP contribution in [-0.4, -0.2) is 58.3 Å². The van der Waals surface area contributed by atoms with Crippen molar-refractivity contribution in [1.82, 2.24) is 14.9 Å². The highest BCUT2D eigenvalue weighted by atomic mass is 35.5. The first kappa shape index (κ1) is 26.4. The Hall–Kier alpha value is -2.17. The first-order valence-electron chi connectivity index (χ1n) is 11.3. The Morgan fingerprint density at radius 3 is 2.26 bits per heavy atom. The number of benzene rings is 1. The highest BCUT2D eigenvalue weighted by molar-refractivity contribution is 5.85. The number of halogens is 5. The Bertz CT molecular complexity index is 947. The Kier molecular flexibility index (Phi) is 8.59. The average Bonchev–Trinajstić information content (AvgIpc) is 3.02. The van der Waals surface area contributed by atoms with Gasteiger partial charge >= 0.3 is 6.18 Å². The van der Waals surface area contributed by atoms with Crippen LogP contribution in [0.2, 0.25) is 0 Å². The number of likely N-dealkylation sites (tertiary alicyclic amines) is 1. The third-order valence-electron chi connectivity index (χ3n) is 6.19. The summed E-state index contributed by atoms with van der Waals surface area (Å²) in [4.78, 5) is 11.8. The topological polar surface area (TPSA) is 61.7 Å². The van der Waals surface area contributed by atoms with Gasteiger partial charge in [0.25, 0.3) is 0 Å². The summed E-state index contributed by atoms with van der Waals surface area (Å²) in [5, 5.41) is 11.1. The lowest BCUT2D eigenvalue weighted by Gasteiger charge is -2.41. The molecule has 2 saturated heterocycles. The second-order valence-electron chi connectivity index (χ2n) is 8.85. The molecule has 34 heavy (non-hydrogen) atoms. The molecule has 4 rings (SSSR count). The van der Waals surface area contributed by atoms with Gasteiger partial charge in [0, 0.05) is 31.8 Å². The fraction of sp³-hybridized carbons (Fsp3) is 0.565. The molecule has 11 heteroatoms. The molecule has 3 heterocycles. The number of ether oxygens (including phenoxy) is 1. The van der Waals surface area contributed by atoms with Gasteiger partial charge in [0.05, 0.1) is 5.60 Å². The van der Waals surface area contributed by atoms with Crippen molar-refractivity contribution in [1.29, 1.82) is 0 Å². The number of anilines is 1. The molecule has 2 aromatic rings. The largest absolute Gasteiger partial charge is 0.439 e. The van der Waals surface area contributed by atoms with Gasteiger partial charge in [-0.25, -0.2) is 9.37 Å². The second-order valence-corrected chi connectivity index (χ2v) is 8.85. The molecule has 0 radical (unpaired) electrons. The predicted octanol–water partition coefficient (Wildman–Crippen LogP) is 5.06. The molecular formula is C23H29ClF4N4O2. The van der Waals surface area contributed by atoms with E-state index in [9.17, 15) is 22.7 Å². The molecule has 1 N–H and O–H groups in total. The van der Waals surface area contributed by atoms with E-state index in [-0.39, 0.29) is 30.0 Å². The first-order valence-corrected chi connectivity index (χ1v) is 11.3. The van der Waals surface area contributed by atoms with E-state index in [1.165, 1.54) is 31.0 Å². The Labute approximate surface area is 202 Å². The van der Waals surface area contributed by atoms with Gasteiger partial charge in [-0.05, 0) is 50.9 Å². The summed E-state index contributed by atoms with van der Waals surface area (Å²) in [5.74, 6) is -0.966. The van der Waals surface area contributed by atoms with E-state index in [4.69, 9.17) is 4.74 Å². The van der Waals surface area contributed by atoms with Crippen molar-refractivity contribution in [3.8, 4) is 11.6 Å². The zero-order valence-electron chi connectivity index (χ0n) is 18.7. The highest BCUT2D eigenvalue weighted by Crippen LogP contribution is 2.34. The number of β-amino-alcohol motifs (C(OH)–C–C–N with tert-alkyl or cyclic N) is 1. The molecule has 2 aliphatic rings. The number of aromatic nitrogens is 2. The third-order valence-corrected chi connectivity index (χ3v) is 6.19. The monoisotopic (exact) mass is 504 g/mol. The van der Waals surface area contributed by atoms with E-state index < -0.39 is 23.3 Å². The molecule has 1 aromatic heterocycles. The van der Waals surface area contributed by atoms with Gasteiger partial charge in [-0.15, -0.1) is 12.4 Å². The molecule has 188 valence electrons. The highest BCUT2D eigenvalue weighted by Gasteiger charge is 2.37. The van der Waals surface area contributed by atoms with Crippen LogP contribution >= 0.6 is 12.4 Å². The predicted molar refractivity (Wildman–Crippen MR) is 122 cm³/mol. The summed E-state index contributed by atoms with van der Waals surface area (Å²) in [7, 11) is 0. The maximum atomic E-state index is 13.5. The van der Waals surface area contributed by atoms with Crippen LogP contribution in [0.4, 0.5) is 23.5 Å². The summed E-state index contributed by atoms with van der Waals surface area (Å²) >= 11 is 0. The Balaban J connectivity index is 0.00000324. The van der Waals surface area contributed by atoms with Crippen molar-refractivity contribution < 1.29 is 27.4 Å². The van der Waals surface area contributed by atoms with Gasteiger partial charge in [-0.3, -0.25) is 0 Å². The van der Waals surface area contributed by atoms with Crippen molar-refractivity contribution in [3.05, 3.63) is 41.8 Å². The molecule has 6 nitrogen and oxygen atoms in total. The van der Waals surface area contributed by atoms with Crippen LogP contribution in [-0.2, 0) is 6.18 Å². The van der Waals surface area contributed by atoms with Gasteiger partial charge in [0.15, 0.2) is 5.69 Å². The molecule has 0 atom stereocenters. The van der Waals surface area contributed by atoms with Crippen LogP contribution in [0.5, 0.6) is 11.6 Å². The molecule has 2 fully saturated rings. The van der Waals surface area contributed by atoms with Crippen LogP contribution < -0.4 is 9.64 Å². The number of rotatable bonds is 5. The normalized spacial score (nSPS) is 19.3. The number of piperidine rings is 1. The smallest absolute Gasteiger partial charge is 0.433 e. The summed E-state index contributed by atoms with van der Waals surface area (Å²) in [6.45, 7) is 3.14. The molecule has 0 aliphatic carbocycles. The van der Waals surface area contributed by atoms with Crippen molar-refractivity contribution in [3.63, 3.8) is 0 Å². The van der Waals surface area contributed by atoms with Crippen LogP contribution in [0.25, 0.3) is 0 Å². The lowest BCUT2D eigenvalue weighted by atomic mass is 9.91. The minimum Gasteiger partial charge on any atom is -0.439 e. The van der Waals surface area contributed by atoms with Gasteiger partial charge in [-0.1, -0.05) is 18.9 Å². The minimum atomic E-state index is -4.69. The van der Waals surface area contributed by atoms with E-state index in [1.54, 1.807) is 4.90 Å². The van der Waals surface area contributed by atoms with Crippen LogP contribution in [0.15, 0.2) is 30.3 Å². The Morgan fingerprint density at radius 2 is 1.65 bits per heavy atom. The Morgan fingerprint density at radius 1 is 0.971 bits per heavy atom. The summed E-state index contributed by atoms with van der Waals surface area (Å²) in [5.41, 5.74) is -2.02. The molecular weight excluding hydrogens is 476 g/mol. The summed E-state index contributed by atoms with van der Waals surface area (Å²) < 4.78 is 59.2. The number of alkyl halides is 3. The SMILES string of the molecule is Cl.OC1(CN2CCCCCC2)CCN(c2nc(Oc3cccc(F)c3)cc(C(F)(F)F)n2)CC1. The van der Waals surface area contributed by atoms with Crippen LogP contribution in [0.3, 0.4) is 0 Å². The molecule has 0 amide bonds. The lowest BCUT2D eigenvalue weighted by Crippen LogP contribution is -2.51. The molecule has 2 aliphatic heterocycles. The number of nitrogens with zero attached hydrogens (tertiary/aromatic N) is 4. The molecule has 0 unspecified atom stereocenters. The zero-order valence-corrected chi connectivity index (χ0v) is 19.5. The molecule has 0 spiro atoms. The maximum absolute atomic E-state index is 13.5. The van der Waals surface area contributed by atoms with E-state index >= 15 is 0 Å². The van der Waals surface area contributed by atoms with E-state index in [1.807, 2.05) is 0 Å². The number of aliphatic hydroxyl groups is 1. The average molecular weight is 505 g/mol. The van der Waals surface area contributed by atoms with Gasteiger partial charge in [-0.2, -0.15) is 18.2 Å². The third kappa shape index (κ3) is 6.93. The van der Waals surface area contributed by atoms with Gasteiger partial charge in [0.2, 0.25) is 11.8 Å². The van der Waals surface area contributed by atoms with Crippen molar-refractivity contribution in [2.24, 2.45) is 0 Å².